The van der Waals surface area contributed by atoms with Gasteiger partial charge in [0.25, 0.3) is 0 Å². The number of hydrogen-bond donors (Lipinski definition) is 2. The highest BCUT2D eigenvalue weighted by Gasteiger charge is 2.06. The number of hydrogen-bond acceptors (Lipinski definition) is 5. The smallest absolute Gasteiger partial charge is 0.0954 e. The van der Waals surface area contributed by atoms with Crippen molar-refractivity contribution in [2.45, 2.75) is 0 Å². The lowest BCUT2D eigenvalue weighted by Crippen LogP contribution is -2.20. The van der Waals surface area contributed by atoms with Crippen LogP contribution in [0.4, 0.5) is 11.4 Å². The summed E-state index contributed by atoms with van der Waals surface area (Å²) in [5.74, 6) is 0. The Bertz CT molecular complexity index is 603. The molecule has 0 radical (unpaired) electrons. The first-order chi connectivity index (χ1) is 10.1. The van der Waals surface area contributed by atoms with Gasteiger partial charge in [0, 0.05) is 34.8 Å². The van der Waals surface area contributed by atoms with Crippen LogP contribution >= 0.6 is 15.9 Å². The van der Waals surface area contributed by atoms with Gasteiger partial charge in [-0.1, -0.05) is 0 Å². The van der Waals surface area contributed by atoms with E-state index >= 15 is 0 Å². The minimum absolute atomic E-state index is 0.663. The Balaban J connectivity index is 1.95. The maximum Gasteiger partial charge on any atom is 0.0954 e. The van der Waals surface area contributed by atoms with Crippen LogP contribution < -0.4 is 11.1 Å². The number of rotatable bonds is 7. The average Bonchev–Trinajstić information content (AvgIpc) is 2.45. The molecule has 6 heteroatoms. The van der Waals surface area contributed by atoms with Gasteiger partial charge in [-0.3, -0.25) is 4.98 Å². The van der Waals surface area contributed by atoms with Crippen LogP contribution in [-0.4, -0.2) is 50.3 Å². The van der Waals surface area contributed by atoms with Crippen LogP contribution in [0.25, 0.3) is 10.9 Å². The SMILES string of the molecule is CN(C)CCOCCNc1ccc(N)c2cc(Br)cnc12. The third kappa shape index (κ3) is 4.56. The first-order valence-corrected chi connectivity index (χ1v) is 7.67. The van der Waals surface area contributed by atoms with E-state index in [4.69, 9.17) is 10.5 Å². The van der Waals surface area contributed by atoms with Gasteiger partial charge < -0.3 is 20.7 Å². The normalized spacial score (nSPS) is 11.2. The van der Waals surface area contributed by atoms with E-state index in [2.05, 4.69) is 31.1 Å². The number of anilines is 2. The van der Waals surface area contributed by atoms with Crippen molar-refractivity contribution < 1.29 is 4.74 Å². The highest BCUT2D eigenvalue weighted by Crippen LogP contribution is 2.28. The summed E-state index contributed by atoms with van der Waals surface area (Å²) < 4.78 is 6.49. The first kappa shape index (κ1) is 16.0. The second-order valence-corrected chi connectivity index (χ2v) is 6.01. The van der Waals surface area contributed by atoms with Crippen LogP contribution in [0.3, 0.4) is 0 Å². The highest BCUT2D eigenvalue weighted by atomic mass is 79.9. The lowest BCUT2D eigenvalue weighted by molar-refractivity contribution is 0.126. The Kier molecular flexibility index (Phi) is 5.78. The number of benzene rings is 1. The highest BCUT2D eigenvalue weighted by molar-refractivity contribution is 9.10. The molecule has 0 unspecified atom stereocenters. The zero-order valence-corrected chi connectivity index (χ0v) is 14.0. The second kappa shape index (κ2) is 7.59. The molecule has 2 aromatic rings. The van der Waals surface area contributed by atoms with Crippen LogP contribution in [-0.2, 0) is 4.74 Å². The number of nitrogens with one attached hydrogen (secondary N) is 1. The zero-order chi connectivity index (χ0) is 15.2. The Hall–Kier alpha value is -1.37. The Labute approximate surface area is 133 Å². The van der Waals surface area contributed by atoms with Crippen LogP contribution in [0.1, 0.15) is 0 Å². The van der Waals surface area contributed by atoms with Crippen molar-refractivity contribution in [3.05, 3.63) is 28.9 Å². The number of ether oxygens (including phenoxy) is 1. The minimum Gasteiger partial charge on any atom is -0.398 e. The monoisotopic (exact) mass is 352 g/mol. The molecule has 0 spiro atoms. The number of halogens is 1. The molecule has 0 bridgehead atoms. The van der Waals surface area contributed by atoms with E-state index in [-0.39, 0.29) is 0 Å². The molecule has 0 saturated carbocycles. The number of fused-ring (bicyclic) bond motifs is 1. The van der Waals surface area contributed by atoms with Crippen LogP contribution in [0.2, 0.25) is 0 Å². The van der Waals surface area contributed by atoms with E-state index in [1.54, 1.807) is 6.20 Å². The summed E-state index contributed by atoms with van der Waals surface area (Å²) in [5.41, 5.74) is 8.58. The van der Waals surface area contributed by atoms with Crippen LogP contribution in [0, 0.1) is 0 Å². The predicted octanol–water partition coefficient (Wildman–Crippen LogP) is 2.57. The minimum atomic E-state index is 0.663. The summed E-state index contributed by atoms with van der Waals surface area (Å²) in [7, 11) is 4.07. The van der Waals surface area contributed by atoms with E-state index in [9.17, 15) is 0 Å². The van der Waals surface area contributed by atoms with Crippen LogP contribution in [0.5, 0.6) is 0 Å². The van der Waals surface area contributed by atoms with Gasteiger partial charge in [-0.05, 0) is 48.2 Å². The molecule has 0 fully saturated rings. The molecule has 3 N–H and O–H groups in total. The number of nitrogens with zero attached hydrogens (tertiary/aromatic N) is 2. The lowest BCUT2D eigenvalue weighted by Gasteiger charge is -2.12. The number of nitrogen functional groups attached to an aromatic ring is 1. The van der Waals surface area contributed by atoms with E-state index in [0.717, 1.165) is 46.4 Å². The molecular formula is C15H21BrN4O. The molecule has 1 heterocycles. The van der Waals surface area contributed by atoms with Crippen molar-refractivity contribution in [3.63, 3.8) is 0 Å². The summed E-state index contributed by atoms with van der Waals surface area (Å²) in [5, 5.41) is 4.30. The molecule has 0 aliphatic carbocycles. The summed E-state index contributed by atoms with van der Waals surface area (Å²) in [6.45, 7) is 3.07. The molecule has 2 rings (SSSR count). The van der Waals surface area contributed by atoms with Gasteiger partial charge in [0.05, 0.1) is 24.4 Å². The summed E-state index contributed by atoms with van der Waals surface area (Å²) in [4.78, 5) is 6.54. The van der Waals surface area contributed by atoms with Crippen molar-refractivity contribution in [2.24, 2.45) is 0 Å². The Morgan fingerprint density at radius 1 is 1.33 bits per heavy atom. The number of likely N-dealkylation sites (N-methyl/N-ethyl adjacent to an activating group) is 1. The maximum absolute atomic E-state index is 6.00. The van der Waals surface area contributed by atoms with Gasteiger partial charge in [-0.15, -0.1) is 0 Å². The number of nitrogens with two attached hydrogens (primary N) is 1. The first-order valence-electron chi connectivity index (χ1n) is 6.88. The van der Waals surface area contributed by atoms with Gasteiger partial charge in [0.1, 0.15) is 0 Å². The Morgan fingerprint density at radius 2 is 2.14 bits per heavy atom. The van der Waals surface area contributed by atoms with E-state index in [1.165, 1.54) is 0 Å². The molecule has 21 heavy (non-hydrogen) atoms. The third-order valence-electron chi connectivity index (χ3n) is 3.09. The topological polar surface area (TPSA) is 63.4 Å². The fraction of sp³-hybridized carbons (Fsp3) is 0.400. The molecule has 0 aliphatic rings. The van der Waals surface area contributed by atoms with Crippen molar-refractivity contribution in [1.82, 2.24) is 9.88 Å². The van der Waals surface area contributed by atoms with E-state index < -0.39 is 0 Å². The van der Waals surface area contributed by atoms with Gasteiger partial charge in [0.2, 0.25) is 0 Å². The van der Waals surface area contributed by atoms with Crippen molar-refractivity contribution >= 4 is 38.2 Å². The standard InChI is InChI=1S/C15H21BrN4O/c1-20(2)6-8-21-7-5-18-14-4-3-13(17)12-9-11(16)10-19-15(12)14/h3-4,9-10,18H,5-8,17H2,1-2H3. The molecule has 1 aromatic carbocycles. The zero-order valence-electron chi connectivity index (χ0n) is 12.4. The lowest BCUT2D eigenvalue weighted by atomic mass is 10.1. The molecule has 114 valence electrons. The van der Waals surface area contributed by atoms with Gasteiger partial charge in [-0.25, -0.2) is 0 Å². The fourth-order valence-electron chi connectivity index (χ4n) is 1.97. The maximum atomic E-state index is 6.00. The summed E-state index contributed by atoms with van der Waals surface area (Å²) in [6.07, 6.45) is 1.78. The molecule has 5 nitrogen and oxygen atoms in total. The molecule has 1 aromatic heterocycles. The third-order valence-corrected chi connectivity index (χ3v) is 3.53. The summed E-state index contributed by atoms with van der Waals surface area (Å²) in [6, 6.07) is 5.83. The largest absolute Gasteiger partial charge is 0.398 e. The summed E-state index contributed by atoms with van der Waals surface area (Å²) >= 11 is 3.42. The van der Waals surface area contributed by atoms with Crippen molar-refractivity contribution in [1.29, 1.82) is 0 Å². The quantitative estimate of drug-likeness (QED) is 0.592. The number of pyridine rings is 1. The van der Waals surface area contributed by atoms with Crippen molar-refractivity contribution in [2.75, 3.05) is 51.4 Å². The number of aromatic nitrogens is 1. The van der Waals surface area contributed by atoms with Gasteiger partial charge in [0.15, 0.2) is 0 Å². The Morgan fingerprint density at radius 3 is 2.90 bits per heavy atom. The molecule has 0 atom stereocenters. The molecular weight excluding hydrogens is 332 g/mol. The van der Waals surface area contributed by atoms with Crippen molar-refractivity contribution in [3.8, 4) is 0 Å². The second-order valence-electron chi connectivity index (χ2n) is 5.09. The molecule has 0 aliphatic heterocycles. The van der Waals surface area contributed by atoms with E-state index in [1.807, 2.05) is 32.3 Å². The van der Waals surface area contributed by atoms with Gasteiger partial charge in [-0.2, -0.15) is 0 Å². The molecule has 0 saturated heterocycles. The van der Waals surface area contributed by atoms with Crippen LogP contribution in [0.15, 0.2) is 28.9 Å². The average molecular weight is 353 g/mol. The predicted molar refractivity (Wildman–Crippen MR) is 91.7 cm³/mol. The van der Waals surface area contributed by atoms with E-state index in [0.29, 0.717) is 6.61 Å². The molecule has 0 amide bonds. The fourth-order valence-corrected chi connectivity index (χ4v) is 2.30. The van der Waals surface area contributed by atoms with Gasteiger partial charge >= 0.3 is 0 Å².